The fraction of sp³-hybridized carbons (Fsp3) is 0.256. The third-order valence-corrected chi connectivity index (χ3v) is 8.75. The quantitative estimate of drug-likeness (QED) is 0.134. The van der Waals surface area contributed by atoms with E-state index in [9.17, 15) is 4.79 Å². The zero-order valence-electron chi connectivity index (χ0n) is 27.8. The van der Waals surface area contributed by atoms with Gasteiger partial charge in [0.2, 0.25) is 0 Å². The van der Waals surface area contributed by atoms with Gasteiger partial charge in [-0.05, 0) is 36.1 Å². The molecule has 0 unspecified atom stereocenters. The van der Waals surface area contributed by atoms with Gasteiger partial charge in [-0.1, -0.05) is 121 Å². The van der Waals surface area contributed by atoms with Gasteiger partial charge in [0.25, 0.3) is 0 Å². The molecule has 11 heteroatoms. The molecule has 0 radical (unpaired) electrons. The van der Waals surface area contributed by atoms with E-state index in [2.05, 4.69) is 57.0 Å². The highest BCUT2D eigenvalue weighted by molar-refractivity contribution is 5.92. The number of hydrogen-bond donors (Lipinski definition) is 3. The monoisotopic (exact) mass is 673 g/mol. The second-order valence-electron chi connectivity index (χ2n) is 12.6. The van der Waals surface area contributed by atoms with Crippen LogP contribution in [0, 0.1) is 0 Å². The van der Waals surface area contributed by atoms with Gasteiger partial charge in [0.05, 0.1) is 6.61 Å². The van der Waals surface area contributed by atoms with Gasteiger partial charge in [-0.25, -0.2) is 14.8 Å². The topological polar surface area (TPSA) is 139 Å². The molecule has 2 aliphatic heterocycles. The molecule has 1 amide bonds. The van der Waals surface area contributed by atoms with E-state index >= 15 is 0 Å². The summed E-state index contributed by atoms with van der Waals surface area (Å²) in [6.45, 7) is 3.96. The van der Waals surface area contributed by atoms with Crippen LogP contribution in [0.25, 0.3) is 0 Å². The Kier molecular flexibility index (Phi) is 9.46. The van der Waals surface area contributed by atoms with E-state index in [0.29, 0.717) is 0 Å². The standard InChI is InChI=1S/C39H39N5O6/c1-38(2)49-32-30(24-47-39(27-17-9-4-10-18-27,28-19-11-5-12-20-28)29-21-13-6-14-22-29)48-36(33(32)50-38)44-35-31(34(40)41-25-42-35)43-37(45)46-23-26-15-7-3-8-16-26/h3-22,25,30,32-33,36H,23-24H2,1-2H3,(H,43,45)(H3,40,41,42,44)/t30-,32-,33-,36-/m1/s1. The molecule has 7 rings (SSSR count). The largest absolute Gasteiger partial charge is 0.444 e. The molecule has 4 N–H and O–H groups in total. The molecule has 2 fully saturated rings. The van der Waals surface area contributed by atoms with Gasteiger partial charge >= 0.3 is 6.09 Å². The molecule has 2 aliphatic rings. The zero-order chi connectivity index (χ0) is 34.6. The third kappa shape index (κ3) is 6.89. The van der Waals surface area contributed by atoms with Crippen molar-refractivity contribution in [3.63, 3.8) is 0 Å². The van der Waals surface area contributed by atoms with Crippen LogP contribution in [0.15, 0.2) is 128 Å². The maximum absolute atomic E-state index is 12.8. The number of amides is 1. The summed E-state index contributed by atoms with van der Waals surface area (Å²) in [6, 6.07) is 39.8. The highest BCUT2D eigenvalue weighted by Gasteiger charge is 2.56. The van der Waals surface area contributed by atoms with Crippen LogP contribution < -0.4 is 16.4 Å². The van der Waals surface area contributed by atoms with Crippen LogP contribution >= 0.6 is 0 Å². The van der Waals surface area contributed by atoms with E-state index in [4.69, 9.17) is 29.4 Å². The number of carbonyl (C=O) groups is 1. The van der Waals surface area contributed by atoms with Crippen molar-refractivity contribution < 1.29 is 28.5 Å². The fourth-order valence-corrected chi connectivity index (χ4v) is 6.54. The van der Waals surface area contributed by atoms with Crippen molar-refractivity contribution in [3.8, 4) is 0 Å². The highest BCUT2D eigenvalue weighted by Crippen LogP contribution is 2.44. The maximum Gasteiger partial charge on any atom is 0.412 e. The number of fused-ring (bicyclic) bond motifs is 1. The average molecular weight is 674 g/mol. The number of carbonyl (C=O) groups excluding carboxylic acids is 1. The molecular formula is C39H39N5O6. The lowest BCUT2D eigenvalue weighted by molar-refractivity contribution is -0.192. The van der Waals surface area contributed by atoms with Gasteiger partial charge in [-0.3, -0.25) is 5.32 Å². The number of benzene rings is 4. The first-order valence-electron chi connectivity index (χ1n) is 16.5. The first kappa shape index (κ1) is 33.2. The van der Waals surface area contributed by atoms with Crippen LogP contribution in [0.2, 0.25) is 0 Å². The van der Waals surface area contributed by atoms with Crippen LogP contribution in [0.4, 0.5) is 22.1 Å². The molecule has 11 nitrogen and oxygen atoms in total. The molecule has 50 heavy (non-hydrogen) atoms. The lowest BCUT2D eigenvalue weighted by atomic mass is 9.80. The molecule has 256 valence electrons. The molecule has 2 saturated heterocycles. The van der Waals surface area contributed by atoms with E-state index in [-0.39, 0.29) is 30.5 Å². The number of hydrogen-bond acceptors (Lipinski definition) is 10. The van der Waals surface area contributed by atoms with Crippen LogP contribution in [-0.4, -0.2) is 53.0 Å². The molecule has 4 aromatic carbocycles. The maximum atomic E-state index is 12.8. The first-order valence-corrected chi connectivity index (χ1v) is 16.5. The second-order valence-corrected chi connectivity index (χ2v) is 12.6. The Balaban J connectivity index is 1.15. The van der Waals surface area contributed by atoms with E-state index in [1.165, 1.54) is 6.33 Å². The summed E-state index contributed by atoms with van der Waals surface area (Å²) in [5.74, 6) is -0.601. The molecule has 0 aliphatic carbocycles. The van der Waals surface area contributed by atoms with Crippen molar-refractivity contribution in [3.05, 3.63) is 150 Å². The fourth-order valence-electron chi connectivity index (χ4n) is 6.54. The van der Waals surface area contributed by atoms with Crippen molar-refractivity contribution in [1.29, 1.82) is 0 Å². The summed E-state index contributed by atoms with van der Waals surface area (Å²) in [4.78, 5) is 21.3. The number of nitrogens with zero attached hydrogens (tertiary/aromatic N) is 2. The number of ether oxygens (including phenoxy) is 5. The van der Waals surface area contributed by atoms with Gasteiger partial charge in [0.15, 0.2) is 23.7 Å². The molecule has 0 bridgehead atoms. The number of nitrogen functional groups attached to an aromatic ring is 1. The smallest absolute Gasteiger partial charge is 0.412 e. The number of nitrogens with two attached hydrogens (primary N) is 1. The van der Waals surface area contributed by atoms with Crippen molar-refractivity contribution >= 4 is 23.4 Å². The van der Waals surface area contributed by atoms with Gasteiger partial charge < -0.3 is 34.7 Å². The van der Waals surface area contributed by atoms with E-state index in [1.807, 2.05) is 98.8 Å². The Morgan fingerprint density at radius 2 is 1.34 bits per heavy atom. The minimum Gasteiger partial charge on any atom is -0.444 e. The molecule has 0 saturated carbocycles. The molecular weight excluding hydrogens is 634 g/mol. The van der Waals surface area contributed by atoms with E-state index < -0.39 is 42.0 Å². The summed E-state index contributed by atoms with van der Waals surface area (Å²) in [6.07, 6.45) is -1.75. The zero-order valence-corrected chi connectivity index (χ0v) is 27.8. The summed E-state index contributed by atoms with van der Waals surface area (Å²) in [5, 5.41) is 5.96. The molecule has 5 aromatic rings. The molecule has 3 heterocycles. The average Bonchev–Trinajstić information content (AvgIpc) is 3.63. The van der Waals surface area contributed by atoms with E-state index in [1.54, 1.807) is 0 Å². The van der Waals surface area contributed by atoms with Crippen molar-refractivity contribution in [1.82, 2.24) is 9.97 Å². The predicted molar refractivity (Wildman–Crippen MR) is 188 cm³/mol. The Labute approximate surface area is 290 Å². The first-order chi connectivity index (χ1) is 24.3. The van der Waals surface area contributed by atoms with Gasteiger partial charge in [0.1, 0.15) is 42.5 Å². The minimum atomic E-state index is -0.957. The molecule has 4 atom stereocenters. The van der Waals surface area contributed by atoms with Crippen LogP contribution in [0.5, 0.6) is 0 Å². The Morgan fingerprint density at radius 1 is 0.800 bits per heavy atom. The normalized spacial score (nSPS) is 20.9. The van der Waals surface area contributed by atoms with E-state index in [0.717, 1.165) is 22.3 Å². The second kappa shape index (κ2) is 14.3. The number of anilines is 3. The molecule has 0 spiro atoms. The summed E-state index contributed by atoms with van der Waals surface area (Å²) < 4.78 is 31.9. The van der Waals surface area contributed by atoms with Gasteiger partial charge in [-0.15, -0.1) is 0 Å². The van der Waals surface area contributed by atoms with Crippen LogP contribution in [-0.2, 0) is 35.9 Å². The van der Waals surface area contributed by atoms with Gasteiger partial charge in [0, 0.05) is 0 Å². The Hall–Kier alpha value is -5.33. The van der Waals surface area contributed by atoms with Crippen LogP contribution in [0.1, 0.15) is 36.1 Å². The summed E-state index contributed by atoms with van der Waals surface area (Å²) >= 11 is 0. The van der Waals surface area contributed by atoms with Crippen molar-refractivity contribution in [2.45, 2.75) is 56.4 Å². The Morgan fingerprint density at radius 3 is 1.92 bits per heavy atom. The number of nitrogens with one attached hydrogen (secondary N) is 2. The third-order valence-electron chi connectivity index (χ3n) is 8.75. The van der Waals surface area contributed by atoms with Crippen molar-refractivity contribution in [2.24, 2.45) is 0 Å². The highest BCUT2D eigenvalue weighted by atomic mass is 16.8. The number of rotatable bonds is 11. The summed E-state index contributed by atoms with van der Waals surface area (Å²) in [7, 11) is 0. The summed E-state index contributed by atoms with van der Waals surface area (Å²) in [5.41, 5.74) is 9.16. The van der Waals surface area contributed by atoms with Crippen molar-refractivity contribution in [2.75, 3.05) is 23.0 Å². The lowest BCUT2D eigenvalue weighted by Gasteiger charge is -2.37. The Bertz CT molecular complexity index is 1780. The SMILES string of the molecule is CC1(C)O[C@@H]2[C@H](O1)[C@@H](COC(c1ccccc1)(c1ccccc1)c1ccccc1)O[C@H]2Nc1ncnc(N)c1NC(=O)OCc1ccccc1. The molecule has 1 aromatic heterocycles. The van der Waals surface area contributed by atoms with Crippen LogP contribution in [0.3, 0.4) is 0 Å². The lowest BCUT2D eigenvalue weighted by Crippen LogP contribution is -2.39. The van der Waals surface area contributed by atoms with Gasteiger partial charge in [-0.2, -0.15) is 0 Å². The number of aromatic nitrogens is 2. The minimum absolute atomic E-state index is 0.0517. The predicted octanol–water partition coefficient (Wildman–Crippen LogP) is 6.47.